The van der Waals surface area contributed by atoms with Crippen molar-refractivity contribution < 1.29 is 14.2 Å². The van der Waals surface area contributed by atoms with Crippen molar-refractivity contribution in [3.8, 4) is 0 Å². The molecule has 1 amide bonds. The SMILES string of the molecule is CC(C)c1noc(CN2CCN([C@@H](C(=O)Nc3ccc(Cl)c([N+](=O)[O-])c3)c3ccccc3)CC2)n1. The van der Waals surface area contributed by atoms with Gasteiger partial charge in [0.05, 0.1) is 11.5 Å². The second kappa shape index (κ2) is 10.9. The summed E-state index contributed by atoms with van der Waals surface area (Å²) in [7, 11) is 0. The first-order chi connectivity index (χ1) is 16.8. The van der Waals surface area contributed by atoms with E-state index < -0.39 is 11.0 Å². The minimum Gasteiger partial charge on any atom is -0.338 e. The van der Waals surface area contributed by atoms with Crippen molar-refractivity contribution >= 4 is 28.9 Å². The minimum absolute atomic E-state index is 0.0190. The Morgan fingerprint density at radius 3 is 2.51 bits per heavy atom. The molecule has 184 valence electrons. The van der Waals surface area contributed by atoms with Crippen LogP contribution in [0, 0.1) is 10.1 Å². The molecule has 4 rings (SSSR count). The van der Waals surface area contributed by atoms with Gasteiger partial charge in [-0.2, -0.15) is 4.98 Å². The molecule has 11 heteroatoms. The van der Waals surface area contributed by atoms with Gasteiger partial charge in [-0.15, -0.1) is 0 Å². The summed E-state index contributed by atoms with van der Waals surface area (Å²) in [5.41, 5.74) is 0.916. The number of hydrogen-bond acceptors (Lipinski definition) is 8. The van der Waals surface area contributed by atoms with Crippen molar-refractivity contribution in [2.75, 3.05) is 31.5 Å². The molecule has 35 heavy (non-hydrogen) atoms. The third kappa shape index (κ3) is 6.02. The summed E-state index contributed by atoms with van der Waals surface area (Å²) in [6.07, 6.45) is 0. The Balaban J connectivity index is 1.46. The third-order valence-corrected chi connectivity index (χ3v) is 6.22. The number of nitro benzene ring substituents is 1. The van der Waals surface area contributed by atoms with Crippen LogP contribution in [0.3, 0.4) is 0 Å². The van der Waals surface area contributed by atoms with Gasteiger partial charge in [0.1, 0.15) is 11.1 Å². The van der Waals surface area contributed by atoms with Crippen LogP contribution in [-0.2, 0) is 11.3 Å². The number of carbonyl (C=O) groups excluding carboxylic acids is 1. The molecule has 2 aromatic carbocycles. The minimum atomic E-state index is -0.570. The number of nitro groups is 1. The number of piperazine rings is 1. The van der Waals surface area contributed by atoms with E-state index in [1.807, 2.05) is 44.2 Å². The number of nitrogens with one attached hydrogen (secondary N) is 1. The number of amides is 1. The molecular formula is C24H27ClN6O4. The summed E-state index contributed by atoms with van der Waals surface area (Å²) in [5.74, 6) is 1.22. The van der Waals surface area contributed by atoms with Crippen LogP contribution in [0.5, 0.6) is 0 Å². The lowest BCUT2D eigenvalue weighted by molar-refractivity contribution is -0.384. The van der Waals surface area contributed by atoms with Crippen molar-refractivity contribution in [1.82, 2.24) is 19.9 Å². The van der Waals surface area contributed by atoms with Gasteiger partial charge in [0, 0.05) is 43.9 Å². The van der Waals surface area contributed by atoms with Crippen molar-refractivity contribution in [3.05, 3.63) is 80.9 Å². The average molecular weight is 499 g/mol. The van der Waals surface area contributed by atoms with Crippen LogP contribution >= 0.6 is 11.6 Å². The van der Waals surface area contributed by atoms with E-state index in [1.165, 1.54) is 12.1 Å². The molecule has 0 radical (unpaired) electrons. The Kier molecular flexibility index (Phi) is 7.74. The van der Waals surface area contributed by atoms with Gasteiger partial charge in [-0.05, 0) is 17.7 Å². The second-order valence-corrected chi connectivity index (χ2v) is 9.15. The highest BCUT2D eigenvalue weighted by Gasteiger charge is 2.31. The van der Waals surface area contributed by atoms with Crippen LogP contribution in [0.4, 0.5) is 11.4 Å². The van der Waals surface area contributed by atoms with Crippen LogP contribution in [-0.4, -0.2) is 56.9 Å². The fraction of sp³-hybridized carbons (Fsp3) is 0.375. The number of nitrogens with zero attached hydrogens (tertiary/aromatic N) is 5. The predicted octanol–water partition coefficient (Wildman–Crippen LogP) is 4.25. The standard InChI is InChI=1S/C24H27ClN6O4/c1-16(2)23-27-21(35-28-23)15-29-10-12-30(13-11-29)22(17-6-4-3-5-7-17)24(32)26-18-8-9-19(25)20(14-18)31(33)34/h3-9,14,16,22H,10-13,15H2,1-2H3,(H,26,32)/t22-/m1/s1. The molecule has 1 fully saturated rings. The Bertz CT molecular complexity index is 1180. The molecule has 2 heterocycles. The Morgan fingerprint density at radius 2 is 1.89 bits per heavy atom. The molecule has 1 N–H and O–H groups in total. The number of benzene rings is 2. The fourth-order valence-corrected chi connectivity index (χ4v) is 4.23. The van der Waals surface area contributed by atoms with Crippen LogP contribution in [0.25, 0.3) is 0 Å². The quantitative estimate of drug-likeness (QED) is 0.361. The number of rotatable bonds is 8. The summed E-state index contributed by atoms with van der Waals surface area (Å²) in [6.45, 7) is 7.35. The molecule has 3 aromatic rings. The van der Waals surface area contributed by atoms with E-state index >= 15 is 0 Å². The number of carbonyl (C=O) groups is 1. The zero-order chi connectivity index (χ0) is 24.9. The fourth-order valence-electron chi connectivity index (χ4n) is 4.04. The van der Waals surface area contributed by atoms with Crippen molar-refractivity contribution in [2.24, 2.45) is 0 Å². The van der Waals surface area contributed by atoms with Gasteiger partial charge in [-0.3, -0.25) is 24.7 Å². The molecule has 1 aliphatic rings. The topological polar surface area (TPSA) is 118 Å². The number of hydrogen-bond donors (Lipinski definition) is 1. The van der Waals surface area contributed by atoms with E-state index in [0.717, 1.165) is 18.7 Å². The molecule has 1 saturated heterocycles. The van der Waals surface area contributed by atoms with Crippen LogP contribution in [0.2, 0.25) is 5.02 Å². The highest BCUT2D eigenvalue weighted by Crippen LogP contribution is 2.29. The van der Waals surface area contributed by atoms with E-state index in [2.05, 4.69) is 25.3 Å². The summed E-state index contributed by atoms with van der Waals surface area (Å²) in [5, 5.41) is 18.1. The van der Waals surface area contributed by atoms with Gasteiger partial charge < -0.3 is 9.84 Å². The van der Waals surface area contributed by atoms with Gasteiger partial charge in [0.2, 0.25) is 11.8 Å². The van der Waals surface area contributed by atoms with Gasteiger partial charge in [-0.1, -0.05) is 60.9 Å². The molecule has 0 bridgehead atoms. The number of halogens is 1. The molecule has 0 aliphatic carbocycles. The van der Waals surface area contributed by atoms with Crippen molar-refractivity contribution in [2.45, 2.75) is 32.4 Å². The maximum absolute atomic E-state index is 13.4. The van der Waals surface area contributed by atoms with Crippen LogP contribution < -0.4 is 5.32 Å². The molecule has 0 spiro atoms. The van der Waals surface area contributed by atoms with E-state index in [4.69, 9.17) is 16.1 Å². The number of aromatic nitrogens is 2. The summed E-state index contributed by atoms with van der Waals surface area (Å²) < 4.78 is 5.37. The van der Waals surface area contributed by atoms with Crippen molar-refractivity contribution in [3.63, 3.8) is 0 Å². The largest absolute Gasteiger partial charge is 0.338 e. The third-order valence-electron chi connectivity index (χ3n) is 5.91. The average Bonchev–Trinajstić information content (AvgIpc) is 3.31. The highest BCUT2D eigenvalue weighted by molar-refractivity contribution is 6.32. The second-order valence-electron chi connectivity index (χ2n) is 8.74. The molecule has 1 atom stereocenters. The summed E-state index contributed by atoms with van der Waals surface area (Å²) >= 11 is 5.91. The maximum atomic E-state index is 13.4. The maximum Gasteiger partial charge on any atom is 0.289 e. The lowest BCUT2D eigenvalue weighted by atomic mass is 10.0. The van der Waals surface area contributed by atoms with Gasteiger partial charge in [0.15, 0.2) is 5.82 Å². The van der Waals surface area contributed by atoms with Gasteiger partial charge >= 0.3 is 0 Å². The van der Waals surface area contributed by atoms with E-state index in [1.54, 1.807) is 6.07 Å². The zero-order valence-electron chi connectivity index (χ0n) is 19.6. The predicted molar refractivity (Wildman–Crippen MR) is 131 cm³/mol. The first-order valence-corrected chi connectivity index (χ1v) is 11.8. The highest BCUT2D eigenvalue weighted by atomic mass is 35.5. The van der Waals surface area contributed by atoms with E-state index in [-0.39, 0.29) is 22.5 Å². The Labute approximate surface area is 208 Å². The Morgan fingerprint density at radius 1 is 1.17 bits per heavy atom. The smallest absolute Gasteiger partial charge is 0.289 e. The lowest BCUT2D eigenvalue weighted by Gasteiger charge is -2.38. The first kappa shape index (κ1) is 24.8. The molecular weight excluding hydrogens is 472 g/mol. The monoisotopic (exact) mass is 498 g/mol. The summed E-state index contributed by atoms with van der Waals surface area (Å²) in [4.78, 5) is 32.9. The molecule has 0 unspecified atom stereocenters. The van der Waals surface area contributed by atoms with Crippen LogP contribution in [0.1, 0.15) is 43.1 Å². The first-order valence-electron chi connectivity index (χ1n) is 11.4. The zero-order valence-corrected chi connectivity index (χ0v) is 20.3. The summed E-state index contributed by atoms with van der Waals surface area (Å²) in [6, 6.07) is 13.2. The van der Waals surface area contributed by atoms with Gasteiger partial charge in [0.25, 0.3) is 5.69 Å². The molecule has 1 aliphatic heterocycles. The Hall–Kier alpha value is -3.34. The van der Waals surface area contributed by atoms with E-state index in [9.17, 15) is 14.9 Å². The van der Waals surface area contributed by atoms with Crippen LogP contribution in [0.15, 0.2) is 53.1 Å². The molecule has 0 saturated carbocycles. The van der Waals surface area contributed by atoms with Gasteiger partial charge in [-0.25, -0.2) is 0 Å². The number of anilines is 1. The molecule has 10 nitrogen and oxygen atoms in total. The van der Waals surface area contributed by atoms with E-state index in [0.29, 0.717) is 37.0 Å². The normalized spacial score (nSPS) is 15.8. The lowest BCUT2D eigenvalue weighted by Crippen LogP contribution is -2.49. The van der Waals surface area contributed by atoms with Crippen molar-refractivity contribution in [1.29, 1.82) is 0 Å². The molecule has 1 aromatic heterocycles.